The third-order valence-corrected chi connectivity index (χ3v) is 3.84. The van der Waals surface area contributed by atoms with E-state index in [9.17, 15) is 0 Å². The zero-order valence-electron chi connectivity index (χ0n) is 10.5. The van der Waals surface area contributed by atoms with Crippen molar-refractivity contribution in [2.24, 2.45) is 11.8 Å². The fourth-order valence-electron chi connectivity index (χ4n) is 2.83. The van der Waals surface area contributed by atoms with Crippen LogP contribution in [0, 0.1) is 11.8 Å². The Labute approximate surface area is 117 Å². The molecule has 17 heavy (non-hydrogen) atoms. The Morgan fingerprint density at radius 3 is 2.53 bits per heavy atom. The second kappa shape index (κ2) is 9.40. The number of methoxy groups -OCH3 is 1. The highest BCUT2D eigenvalue weighted by Gasteiger charge is 2.28. The average molecular weight is 286 g/mol. The molecule has 0 bridgehead atoms. The van der Waals surface area contributed by atoms with E-state index in [4.69, 9.17) is 9.47 Å². The van der Waals surface area contributed by atoms with Crippen LogP contribution in [0.25, 0.3) is 0 Å². The molecule has 2 fully saturated rings. The molecule has 104 valence electrons. The molecule has 0 aliphatic carbocycles. The highest BCUT2D eigenvalue weighted by atomic mass is 35.5. The molecule has 2 aliphatic rings. The van der Waals surface area contributed by atoms with Gasteiger partial charge in [0.25, 0.3) is 0 Å². The second-order valence-corrected chi connectivity index (χ2v) is 4.83. The van der Waals surface area contributed by atoms with E-state index < -0.39 is 0 Å². The quantitative estimate of drug-likeness (QED) is 0.863. The maximum Gasteiger partial charge on any atom is 0.0833 e. The molecule has 2 aliphatic heterocycles. The van der Waals surface area contributed by atoms with Crippen LogP contribution in [0.5, 0.6) is 0 Å². The average Bonchev–Trinajstić information content (AvgIpc) is 2.31. The summed E-state index contributed by atoms with van der Waals surface area (Å²) in [5, 5.41) is 3.42. The first-order valence-electron chi connectivity index (χ1n) is 6.21. The molecule has 2 atom stereocenters. The van der Waals surface area contributed by atoms with Gasteiger partial charge in [0.2, 0.25) is 0 Å². The molecule has 0 aromatic rings. The van der Waals surface area contributed by atoms with Crippen molar-refractivity contribution in [3.05, 3.63) is 0 Å². The predicted octanol–water partition coefficient (Wildman–Crippen LogP) is 2.27. The van der Waals surface area contributed by atoms with Gasteiger partial charge in [-0.2, -0.15) is 0 Å². The largest absolute Gasteiger partial charge is 0.379 e. The number of hydrogen-bond acceptors (Lipinski definition) is 3. The van der Waals surface area contributed by atoms with Crippen molar-refractivity contribution in [1.29, 1.82) is 0 Å². The van der Waals surface area contributed by atoms with Crippen LogP contribution in [0.2, 0.25) is 0 Å². The second-order valence-electron chi connectivity index (χ2n) is 4.83. The SMILES string of the molecule is COC1COCCC1CC1CCNCC1.Cl.Cl. The molecular weight excluding hydrogens is 261 g/mol. The minimum Gasteiger partial charge on any atom is -0.379 e. The van der Waals surface area contributed by atoms with E-state index in [0.717, 1.165) is 25.0 Å². The minimum absolute atomic E-state index is 0. The van der Waals surface area contributed by atoms with E-state index >= 15 is 0 Å². The molecule has 0 spiro atoms. The molecule has 0 aromatic carbocycles. The molecule has 2 heterocycles. The Morgan fingerprint density at radius 1 is 1.18 bits per heavy atom. The summed E-state index contributed by atoms with van der Waals surface area (Å²) >= 11 is 0. The van der Waals surface area contributed by atoms with Crippen molar-refractivity contribution in [3.63, 3.8) is 0 Å². The van der Waals surface area contributed by atoms with Gasteiger partial charge >= 0.3 is 0 Å². The minimum atomic E-state index is 0. The Morgan fingerprint density at radius 2 is 1.88 bits per heavy atom. The van der Waals surface area contributed by atoms with Gasteiger partial charge < -0.3 is 14.8 Å². The molecule has 3 nitrogen and oxygen atoms in total. The number of rotatable bonds is 3. The van der Waals surface area contributed by atoms with Gasteiger partial charge in [0.1, 0.15) is 0 Å². The lowest BCUT2D eigenvalue weighted by Gasteiger charge is -2.34. The lowest BCUT2D eigenvalue weighted by atomic mass is 9.83. The van der Waals surface area contributed by atoms with Gasteiger partial charge in [0.15, 0.2) is 0 Å². The van der Waals surface area contributed by atoms with Gasteiger partial charge in [-0.25, -0.2) is 0 Å². The number of nitrogens with one attached hydrogen (secondary N) is 1. The molecule has 0 saturated carbocycles. The standard InChI is InChI=1S/C12H23NO2.2ClH/c1-14-12-9-15-7-4-11(12)8-10-2-5-13-6-3-10;;/h10-13H,2-9H2,1H3;2*1H. The zero-order valence-corrected chi connectivity index (χ0v) is 12.2. The van der Waals surface area contributed by atoms with Crippen LogP contribution < -0.4 is 5.32 Å². The van der Waals surface area contributed by atoms with Crippen molar-refractivity contribution in [1.82, 2.24) is 5.32 Å². The van der Waals surface area contributed by atoms with Crippen LogP contribution in [0.4, 0.5) is 0 Å². The van der Waals surface area contributed by atoms with Crippen molar-refractivity contribution in [2.45, 2.75) is 31.8 Å². The normalized spacial score (nSPS) is 30.2. The summed E-state index contributed by atoms with van der Waals surface area (Å²) in [5.74, 6) is 1.64. The van der Waals surface area contributed by atoms with Crippen LogP contribution in [0.15, 0.2) is 0 Å². The van der Waals surface area contributed by atoms with Gasteiger partial charge in [0.05, 0.1) is 12.7 Å². The van der Waals surface area contributed by atoms with Gasteiger partial charge in [-0.1, -0.05) is 0 Å². The first kappa shape index (κ1) is 17.5. The topological polar surface area (TPSA) is 30.5 Å². The first-order chi connectivity index (χ1) is 7.40. The molecule has 0 radical (unpaired) electrons. The van der Waals surface area contributed by atoms with Crippen molar-refractivity contribution in [3.8, 4) is 0 Å². The molecule has 2 saturated heterocycles. The number of ether oxygens (including phenoxy) is 2. The van der Waals surface area contributed by atoms with Crippen molar-refractivity contribution < 1.29 is 9.47 Å². The lowest BCUT2D eigenvalue weighted by molar-refractivity contribution is -0.0718. The summed E-state index contributed by atoms with van der Waals surface area (Å²) < 4.78 is 11.0. The van der Waals surface area contributed by atoms with Crippen LogP contribution in [0.1, 0.15) is 25.7 Å². The highest BCUT2D eigenvalue weighted by Crippen LogP contribution is 2.28. The van der Waals surface area contributed by atoms with E-state index in [0.29, 0.717) is 6.10 Å². The monoisotopic (exact) mass is 285 g/mol. The van der Waals surface area contributed by atoms with E-state index in [1.165, 1.54) is 38.8 Å². The van der Waals surface area contributed by atoms with Crippen LogP contribution in [-0.2, 0) is 9.47 Å². The smallest absolute Gasteiger partial charge is 0.0833 e. The van der Waals surface area contributed by atoms with E-state index in [2.05, 4.69) is 5.32 Å². The molecule has 2 rings (SSSR count). The number of hydrogen-bond donors (Lipinski definition) is 1. The molecule has 0 amide bonds. The summed E-state index contributed by atoms with van der Waals surface area (Å²) in [6.45, 7) is 4.12. The highest BCUT2D eigenvalue weighted by molar-refractivity contribution is 5.85. The Balaban J connectivity index is 0.00000128. The van der Waals surface area contributed by atoms with Gasteiger partial charge in [-0.15, -0.1) is 24.8 Å². The molecular formula is C12H25Cl2NO2. The van der Waals surface area contributed by atoms with Crippen LogP contribution in [-0.4, -0.2) is 39.5 Å². The maximum absolute atomic E-state index is 5.50. The van der Waals surface area contributed by atoms with Gasteiger partial charge in [-0.3, -0.25) is 0 Å². The predicted molar refractivity (Wildman–Crippen MR) is 74.4 cm³/mol. The summed E-state index contributed by atoms with van der Waals surface area (Å²) in [6.07, 6.45) is 5.54. The summed E-state index contributed by atoms with van der Waals surface area (Å²) in [6, 6.07) is 0. The Hall–Kier alpha value is 0.460. The Kier molecular flexibility index (Phi) is 9.65. The summed E-state index contributed by atoms with van der Waals surface area (Å²) in [7, 11) is 1.81. The van der Waals surface area contributed by atoms with Crippen molar-refractivity contribution >= 4 is 24.8 Å². The number of halogens is 2. The van der Waals surface area contributed by atoms with E-state index in [-0.39, 0.29) is 24.8 Å². The van der Waals surface area contributed by atoms with Crippen molar-refractivity contribution in [2.75, 3.05) is 33.4 Å². The third kappa shape index (κ3) is 5.31. The fourth-order valence-corrected chi connectivity index (χ4v) is 2.83. The fraction of sp³-hybridized carbons (Fsp3) is 1.00. The van der Waals surface area contributed by atoms with E-state index in [1.54, 1.807) is 0 Å². The molecule has 5 heteroatoms. The molecule has 2 unspecified atom stereocenters. The number of piperidine rings is 1. The lowest BCUT2D eigenvalue weighted by Crippen LogP contribution is -2.37. The third-order valence-electron chi connectivity index (χ3n) is 3.84. The van der Waals surface area contributed by atoms with E-state index in [1.807, 2.05) is 7.11 Å². The van der Waals surface area contributed by atoms with Gasteiger partial charge in [0, 0.05) is 13.7 Å². The summed E-state index contributed by atoms with van der Waals surface area (Å²) in [5.41, 5.74) is 0. The first-order valence-corrected chi connectivity index (χ1v) is 6.21. The zero-order chi connectivity index (χ0) is 10.5. The molecule has 0 aromatic heterocycles. The maximum atomic E-state index is 5.50. The van der Waals surface area contributed by atoms with Gasteiger partial charge in [-0.05, 0) is 50.6 Å². The van der Waals surface area contributed by atoms with Crippen LogP contribution >= 0.6 is 24.8 Å². The summed E-state index contributed by atoms with van der Waals surface area (Å²) in [4.78, 5) is 0. The van der Waals surface area contributed by atoms with Crippen LogP contribution in [0.3, 0.4) is 0 Å². The Bertz CT molecular complexity index is 189. The molecule has 1 N–H and O–H groups in total.